The Morgan fingerprint density at radius 3 is 2.67 bits per heavy atom. The van der Waals surface area contributed by atoms with Crippen molar-refractivity contribution in [2.45, 2.75) is 6.92 Å². The maximum atomic E-state index is 8.54. The standard InChI is InChI=1S/C9H11NO2/c1-7(10-11)8-5-3-4-6-9(8)12-2/h3-6,11H,1-2H3. The first-order valence-electron chi connectivity index (χ1n) is 3.61. The molecule has 1 aromatic rings. The summed E-state index contributed by atoms with van der Waals surface area (Å²) in [4.78, 5) is 0. The van der Waals surface area contributed by atoms with Crippen LogP contribution in [0.15, 0.2) is 29.4 Å². The molecule has 0 amide bonds. The van der Waals surface area contributed by atoms with Crippen LogP contribution < -0.4 is 4.74 Å². The summed E-state index contributed by atoms with van der Waals surface area (Å²) in [5.41, 5.74) is 1.36. The summed E-state index contributed by atoms with van der Waals surface area (Å²) in [7, 11) is 1.59. The third kappa shape index (κ3) is 1.56. The minimum absolute atomic E-state index is 0.549. The van der Waals surface area contributed by atoms with Gasteiger partial charge in [0.25, 0.3) is 0 Å². The number of ether oxygens (including phenoxy) is 1. The monoisotopic (exact) mass is 165 g/mol. The van der Waals surface area contributed by atoms with E-state index in [-0.39, 0.29) is 0 Å². The molecule has 0 radical (unpaired) electrons. The molecule has 0 unspecified atom stereocenters. The molecular weight excluding hydrogens is 154 g/mol. The first-order valence-corrected chi connectivity index (χ1v) is 3.61. The van der Waals surface area contributed by atoms with Crippen molar-refractivity contribution in [2.75, 3.05) is 7.11 Å². The lowest BCUT2D eigenvalue weighted by Crippen LogP contribution is -1.98. The summed E-state index contributed by atoms with van der Waals surface area (Å²) in [5.74, 6) is 0.716. The van der Waals surface area contributed by atoms with Crippen LogP contribution in [-0.2, 0) is 0 Å². The molecule has 3 heteroatoms. The van der Waals surface area contributed by atoms with Gasteiger partial charge in [-0.05, 0) is 19.1 Å². The maximum absolute atomic E-state index is 8.54. The average Bonchev–Trinajstić information content (AvgIpc) is 2.16. The van der Waals surface area contributed by atoms with Gasteiger partial charge in [-0.1, -0.05) is 17.3 Å². The van der Waals surface area contributed by atoms with Crippen molar-refractivity contribution in [3.8, 4) is 5.75 Å². The quantitative estimate of drug-likeness (QED) is 0.413. The average molecular weight is 165 g/mol. The van der Waals surface area contributed by atoms with E-state index in [0.717, 1.165) is 5.56 Å². The van der Waals surface area contributed by atoms with Gasteiger partial charge in [-0.15, -0.1) is 0 Å². The van der Waals surface area contributed by atoms with Crippen LogP contribution in [0.3, 0.4) is 0 Å². The highest BCUT2D eigenvalue weighted by Crippen LogP contribution is 2.17. The molecule has 0 fully saturated rings. The second-order valence-electron chi connectivity index (χ2n) is 2.39. The number of hydrogen-bond donors (Lipinski definition) is 1. The summed E-state index contributed by atoms with van der Waals surface area (Å²) in [6, 6.07) is 7.40. The molecule has 0 aromatic heterocycles. The highest BCUT2D eigenvalue weighted by Gasteiger charge is 2.03. The summed E-state index contributed by atoms with van der Waals surface area (Å²) in [6.45, 7) is 1.72. The van der Waals surface area contributed by atoms with Gasteiger partial charge in [0.15, 0.2) is 0 Å². The van der Waals surface area contributed by atoms with Crippen LogP contribution in [0.4, 0.5) is 0 Å². The number of benzene rings is 1. The number of oxime groups is 1. The number of nitrogens with zero attached hydrogens (tertiary/aromatic N) is 1. The van der Waals surface area contributed by atoms with E-state index in [0.29, 0.717) is 11.5 Å². The molecule has 12 heavy (non-hydrogen) atoms. The second kappa shape index (κ2) is 3.76. The summed E-state index contributed by atoms with van der Waals surface area (Å²) >= 11 is 0. The lowest BCUT2D eigenvalue weighted by Gasteiger charge is -2.05. The predicted octanol–water partition coefficient (Wildman–Crippen LogP) is 1.89. The van der Waals surface area contributed by atoms with Crippen LogP contribution in [0.5, 0.6) is 5.75 Å². The topological polar surface area (TPSA) is 41.8 Å². The molecule has 0 aliphatic rings. The van der Waals surface area contributed by atoms with E-state index in [1.165, 1.54) is 0 Å². The molecule has 0 heterocycles. The van der Waals surface area contributed by atoms with Crippen molar-refractivity contribution in [1.29, 1.82) is 0 Å². The van der Waals surface area contributed by atoms with Gasteiger partial charge in [0.1, 0.15) is 5.75 Å². The summed E-state index contributed by atoms with van der Waals surface area (Å²) in [5, 5.41) is 11.6. The largest absolute Gasteiger partial charge is 0.496 e. The van der Waals surface area contributed by atoms with Crippen LogP contribution in [0.25, 0.3) is 0 Å². The van der Waals surface area contributed by atoms with E-state index in [9.17, 15) is 0 Å². The molecule has 0 spiro atoms. The first kappa shape index (κ1) is 8.59. The third-order valence-corrected chi connectivity index (χ3v) is 1.65. The Bertz CT molecular complexity index is 294. The molecule has 0 saturated carbocycles. The minimum atomic E-state index is 0.549. The van der Waals surface area contributed by atoms with Crippen LogP contribution in [0.2, 0.25) is 0 Å². The van der Waals surface area contributed by atoms with Gasteiger partial charge in [-0.2, -0.15) is 0 Å². The lowest BCUT2D eigenvalue weighted by atomic mass is 10.1. The van der Waals surface area contributed by atoms with Crippen LogP contribution in [0.1, 0.15) is 12.5 Å². The van der Waals surface area contributed by atoms with Crippen molar-refractivity contribution in [3.63, 3.8) is 0 Å². The first-order chi connectivity index (χ1) is 5.79. The number of para-hydroxylation sites is 1. The Morgan fingerprint density at radius 1 is 1.42 bits per heavy atom. The van der Waals surface area contributed by atoms with Gasteiger partial charge < -0.3 is 9.94 Å². The Morgan fingerprint density at radius 2 is 2.08 bits per heavy atom. The van der Waals surface area contributed by atoms with Crippen LogP contribution in [0, 0.1) is 0 Å². The Hall–Kier alpha value is -1.51. The summed E-state index contributed by atoms with van der Waals surface area (Å²) in [6.07, 6.45) is 0. The van der Waals surface area contributed by atoms with Crippen molar-refractivity contribution in [1.82, 2.24) is 0 Å². The van der Waals surface area contributed by atoms with Gasteiger partial charge in [-0.3, -0.25) is 0 Å². The Labute approximate surface area is 71.3 Å². The fourth-order valence-corrected chi connectivity index (χ4v) is 0.997. The van der Waals surface area contributed by atoms with Gasteiger partial charge >= 0.3 is 0 Å². The molecule has 3 nitrogen and oxygen atoms in total. The van der Waals surface area contributed by atoms with Crippen molar-refractivity contribution < 1.29 is 9.94 Å². The van der Waals surface area contributed by atoms with Gasteiger partial charge in [0.2, 0.25) is 0 Å². The van der Waals surface area contributed by atoms with E-state index in [1.54, 1.807) is 14.0 Å². The van der Waals surface area contributed by atoms with Crippen molar-refractivity contribution in [3.05, 3.63) is 29.8 Å². The zero-order valence-corrected chi connectivity index (χ0v) is 7.11. The Kier molecular flexibility index (Phi) is 2.69. The van der Waals surface area contributed by atoms with E-state index >= 15 is 0 Å². The van der Waals surface area contributed by atoms with Gasteiger partial charge in [0, 0.05) is 5.56 Å². The number of methoxy groups -OCH3 is 1. The molecule has 0 saturated heterocycles. The molecule has 0 atom stereocenters. The third-order valence-electron chi connectivity index (χ3n) is 1.65. The van der Waals surface area contributed by atoms with Crippen LogP contribution >= 0.6 is 0 Å². The highest BCUT2D eigenvalue weighted by atomic mass is 16.5. The predicted molar refractivity (Wildman–Crippen MR) is 47.0 cm³/mol. The number of rotatable bonds is 2. The molecule has 0 aliphatic carbocycles. The van der Waals surface area contributed by atoms with E-state index in [2.05, 4.69) is 5.16 Å². The minimum Gasteiger partial charge on any atom is -0.496 e. The molecular formula is C9H11NO2. The van der Waals surface area contributed by atoms with Crippen molar-refractivity contribution >= 4 is 5.71 Å². The van der Waals surface area contributed by atoms with E-state index in [4.69, 9.17) is 9.94 Å². The summed E-state index contributed by atoms with van der Waals surface area (Å²) < 4.78 is 5.08. The van der Waals surface area contributed by atoms with Gasteiger partial charge in [-0.25, -0.2) is 0 Å². The fourth-order valence-electron chi connectivity index (χ4n) is 0.997. The normalized spacial score (nSPS) is 11.3. The molecule has 1 aromatic carbocycles. The lowest BCUT2D eigenvalue weighted by molar-refractivity contribution is 0.318. The number of hydrogen-bond acceptors (Lipinski definition) is 3. The Balaban J connectivity index is 3.13. The molecule has 64 valence electrons. The maximum Gasteiger partial charge on any atom is 0.128 e. The van der Waals surface area contributed by atoms with Crippen molar-refractivity contribution in [2.24, 2.45) is 5.16 Å². The zero-order valence-electron chi connectivity index (χ0n) is 7.11. The SMILES string of the molecule is COc1ccccc1C(C)=NO. The molecule has 1 rings (SSSR count). The molecule has 0 bridgehead atoms. The smallest absolute Gasteiger partial charge is 0.128 e. The van der Waals surface area contributed by atoms with Crippen LogP contribution in [-0.4, -0.2) is 18.0 Å². The molecule has 0 aliphatic heterocycles. The highest BCUT2D eigenvalue weighted by molar-refractivity contribution is 6.00. The van der Waals surface area contributed by atoms with Gasteiger partial charge in [0.05, 0.1) is 12.8 Å². The fraction of sp³-hybridized carbons (Fsp3) is 0.222. The molecule has 1 N–H and O–H groups in total. The van der Waals surface area contributed by atoms with E-state index < -0.39 is 0 Å². The zero-order chi connectivity index (χ0) is 8.97. The second-order valence-corrected chi connectivity index (χ2v) is 2.39. The van der Waals surface area contributed by atoms with E-state index in [1.807, 2.05) is 24.3 Å².